The molecule has 2 rings (SSSR count). The zero-order chi connectivity index (χ0) is 13.3. The van der Waals surface area contributed by atoms with Crippen molar-refractivity contribution < 1.29 is 4.79 Å². The SMILES string of the molecule is Cc1cc(NC(=O)C2(C)CCCC2N)ccc1Br. The second-order valence-electron chi connectivity index (χ2n) is 5.33. The van der Waals surface area contributed by atoms with Gasteiger partial charge in [0.2, 0.25) is 5.91 Å². The third-order valence-electron chi connectivity index (χ3n) is 3.96. The number of halogens is 1. The number of rotatable bonds is 2. The van der Waals surface area contributed by atoms with Crippen molar-refractivity contribution in [2.24, 2.45) is 11.1 Å². The lowest BCUT2D eigenvalue weighted by molar-refractivity contribution is -0.125. The number of nitrogens with one attached hydrogen (secondary N) is 1. The molecule has 1 fully saturated rings. The Morgan fingerprint density at radius 3 is 2.83 bits per heavy atom. The summed E-state index contributed by atoms with van der Waals surface area (Å²) in [5, 5.41) is 2.98. The fraction of sp³-hybridized carbons (Fsp3) is 0.500. The lowest BCUT2D eigenvalue weighted by Crippen LogP contribution is -2.44. The summed E-state index contributed by atoms with van der Waals surface area (Å²) in [5.41, 5.74) is 7.56. The van der Waals surface area contributed by atoms with Crippen molar-refractivity contribution in [3.05, 3.63) is 28.2 Å². The first-order chi connectivity index (χ1) is 8.43. The summed E-state index contributed by atoms with van der Waals surface area (Å²) in [6, 6.07) is 5.78. The van der Waals surface area contributed by atoms with Crippen molar-refractivity contribution in [2.45, 2.75) is 39.2 Å². The molecule has 2 unspecified atom stereocenters. The monoisotopic (exact) mass is 310 g/mol. The molecule has 0 spiro atoms. The largest absolute Gasteiger partial charge is 0.327 e. The van der Waals surface area contributed by atoms with E-state index in [1.807, 2.05) is 32.0 Å². The maximum Gasteiger partial charge on any atom is 0.231 e. The molecular weight excluding hydrogens is 292 g/mol. The standard InChI is InChI=1S/C14H19BrN2O/c1-9-8-10(5-6-11(9)15)17-13(18)14(2)7-3-4-12(14)16/h5-6,8,12H,3-4,7,16H2,1-2H3,(H,17,18). The van der Waals surface area contributed by atoms with Gasteiger partial charge >= 0.3 is 0 Å². The summed E-state index contributed by atoms with van der Waals surface area (Å²) in [4.78, 5) is 12.3. The van der Waals surface area contributed by atoms with Crippen LogP contribution in [0, 0.1) is 12.3 Å². The first-order valence-corrected chi connectivity index (χ1v) is 7.06. The molecule has 0 saturated heterocycles. The van der Waals surface area contributed by atoms with Gasteiger partial charge in [-0.2, -0.15) is 0 Å². The van der Waals surface area contributed by atoms with Gasteiger partial charge in [0.1, 0.15) is 0 Å². The molecule has 18 heavy (non-hydrogen) atoms. The third-order valence-corrected chi connectivity index (χ3v) is 4.85. The van der Waals surface area contributed by atoms with Crippen LogP contribution in [0.5, 0.6) is 0 Å². The number of anilines is 1. The van der Waals surface area contributed by atoms with E-state index in [1.165, 1.54) is 0 Å². The molecule has 0 aliphatic heterocycles. The fourth-order valence-electron chi connectivity index (χ4n) is 2.47. The molecule has 0 bridgehead atoms. The van der Waals surface area contributed by atoms with E-state index in [9.17, 15) is 4.79 Å². The molecule has 2 atom stereocenters. The van der Waals surface area contributed by atoms with Gasteiger partial charge in [0, 0.05) is 16.2 Å². The summed E-state index contributed by atoms with van der Waals surface area (Å²) in [6.07, 6.45) is 2.84. The molecule has 0 aromatic heterocycles. The zero-order valence-corrected chi connectivity index (χ0v) is 12.4. The number of carbonyl (C=O) groups excluding carboxylic acids is 1. The molecule has 1 aliphatic carbocycles. The van der Waals surface area contributed by atoms with Crippen LogP contribution >= 0.6 is 15.9 Å². The molecule has 1 aromatic rings. The molecule has 3 N–H and O–H groups in total. The number of carbonyl (C=O) groups is 1. The van der Waals surface area contributed by atoms with Gasteiger partial charge in [0.15, 0.2) is 0 Å². The van der Waals surface area contributed by atoms with E-state index >= 15 is 0 Å². The van der Waals surface area contributed by atoms with E-state index in [0.717, 1.165) is 35.0 Å². The van der Waals surface area contributed by atoms with Crippen molar-refractivity contribution in [3.8, 4) is 0 Å². The summed E-state index contributed by atoms with van der Waals surface area (Å²) < 4.78 is 1.05. The highest BCUT2D eigenvalue weighted by molar-refractivity contribution is 9.10. The first-order valence-electron chi connectivity index (χ1n) is 6.26. The Balaban J connectivity index is 2.14. The molecule has 3 nitrogen and oxygen atoms in total. The van der Waals surface area contributed by atoms with Crippen LogP contribution < -0.4 is 11.1 Å². The Labute approximate surface area is 116 Å². The Bertz CT molecular complexity index is 475. The van der Waals surface area contributed by atoms with E-state index in [0.29, 0.717) is 0 Å². The second-order valence-corrected chi connectivity index (χ2v) is 6.19. The Morgan fingerprint density at radius 1 is 1.56 bits per heavy atom. The predicted molar refractivity (Wildman–Crippen MR) is 77.4 cm³/mol. The van der Waals surface area contributed by atoms with Crippen molar-refractivity contribution >= 4 is 27.5 Å². The van der Waals surface area contributed by atoms with E-state index < -0.39 is 5.41 Å². The minimum atomic E-state index is -0.430. The van der Waals surface area contributed by atoms with Crippen LogP contribution in [0.1, 0.15) is 31.7 Å². The van der Waals surface area contributed by atoms with Crippen LogP contribution in [-0.4, -0.2) is 11.9 Å². The number of benzene rings is 1. The molecule has 1 aromatic carbocycles. The minimum Gasteiger partial charge on any atom is -0.327 e. The number of hydrogen-bond acceptors (Lipinski definition) is 2. The van der Waals surface area contributed by atoms with E-state index in [1.54, 1.807) is 0 Å². The lowest BCUT2D eigenvalue weighted by atomic mass is 9.84. The fourth-order valence-corrected chi connectivity index (χ4v) is 2.72. The number of nitrogens with two attached hydrogens (primary N) is 1. The van der Waals surface area contributed by atoms with Crippen molar-refractivity contribution in [2.75, 3.05) is 5.32 Å². The molecular formula is C14H19BrN2O. The summed E-state index contributed by atoms with van der Waals surface area (Å²) in [6.45, 7) is 3.97. The quantitative estimate of drug-likeness (QED) is 0.881. The Kier molecular flexibility index (Phi) is 3.78. The molecule has 1 saturated carbocycles. The highest BCUT2D eigenvalue weighted by Crippen LogP contribution is 2.37. The smallest absolute Gasteiger partial charge is 0.231 e. The van der Waals surface area contributed by atoms with Crippen LogP contribution in [0.2, 0.25) is 0 Å². The van der Waals surface area contributed by atoms with Crippen molar-refractivity contribution in [3.63, 3.8) is 0 Å². The van der Waals surface area contributed by atoms with Gasteiger partial charge < -0.3 is 11.1 Å². The Hall–Kier alpha value is -0.870. The molecule has 0 heterocycles. The maximum atomic E-state index is 12.3. The first kappa shape index (κ1) is 13.6. The van der Waals surface area contributed by atoms with Gasteiger partial charge in [-0.15, -0.1) is 0 Å². The van der Waals surface area contributed by atoms with Crippen molar-refractivity contribution in [1.82, 2.24) is 0 Å². The normalized spacial score (nSPS) is 27.2. The maximum absolute atomic E-state index is 12.3. The summed E-state index contributed by atoms with van der Waals surface area (Å²) in [5.74, 6) is 0.0363. The van der Waals surface area contributed by atoms with Gasteiger partial charge in [-0.1, -0.05) is 22.4 Å². The van der Waals surface area contributed by atoms with Gasteiger partial charge in [0.05, 0.1) is 5.41 Å². The molecule has 1 amide bonds. The van der Waals surface area contributed by atoms with E-state index in [4.69, 9.17) is 5.73 Å². The van der Waals surface area contributed by atoms with Gasteiger partial charge in [-0.05, 0) is 50.5 Å². The molecule has 1 aliphatic rings. The minimum absolute atomic E-state index is 0.0333. The van der Waals surface area contributed by atoms with Gasteiger partial charge in [0.25, 0.3) is 0 Å². The zero-order valence-electron chi connectivity index (χ0n) is 10.8. The van der Waals surface area contributed by atoms with Crippen LogP contribution in [0.3, 0.4) is 0 Å². The highest BCUT2D eigenvalue weighted by Gasteiger charge is 2.42. The average molecular weight is 311 g/mol. The average Bonchev–Trinajstić information content (AvgIpc) is 2.66. The van der Waals surface area contributed by atoms with Gasteiger partial charge in [-0.25, -0.2) is 0 Å². The molecule has 4 heteroatoms. The van der Waals surface area contributed by atoms with E-state index in [-0.39, 0.29) is 11.9 Å². The summed E-state index contributed by atoms with van der Waals surface area (Å²) >= 11 is 3.45. The topological polar surface area (TPSA) is 55.1 Å². The van der Waals surface area contributed by atoms with E-state index in [2.05, 4.69) is 21.2 Å². The number of amides is 1. The second kappa shape index (κ2) is 5.02. The number of hydrogen-bond donors (Lipinski definition) is 2. The van der Waals surface area contributed by atoms with Crippen LogP contribution in [0.4, 0.5) is 5.69 Å². The van der Waals surface area contributed by atoms with Crippen LogP contribution in [-0.2, 0) is 4.79 Å². The van der Waals surface area contributed by atoms with Crippen molar-refractivity contribution in [1.29, 1.82) is 0 Å². The van der Waals surface area contributed by atoms with Crippen LogP contribution in [0.15, 0.2) is 22.7 Å². The molecule has 0 radical (unpaired) electrons. The van der Waals surface area contributed by atoms with Crippen LogP contribution in [0.25, 0.3) is 0 Å². The third kappa shape index (κ3) is 2.45. The van der Waals surface area contributed by atoms with Gasteiger partial charge in [-0.3, -0.25) is 4.79 Å². The summed E-state index contributed by atoms with van der Waals surface area (Å²) in [7, 11) is 0. The predicted octanol–water partition coefficient (Wildman–Crippen LogP) is 3.21. The number of aryl methyl sites for hydroxylation is 1. The Morgan fingerprint density at radius 2 is 2.28 bits per heavy atom. The highest BCUT2D eigenvalue weighted by atomic mass is 79.9. The molecule has 98 valence electrons. The lowest BCUT2D eigenvalue weighted by Gasteiger charge is -2.27.